The normalized spacial score (nSPS) is 10.5. The van der Waals surface area contributed by atoms with Crippen LogP contribution in [-0.2, 0) is 14.4 Å². The molecular weight excluding hydrogens is 268 g/mol. The standard InChI is InChI=1S/C16H30N2O3/c1-13(2)18-16(21)12-17-15(20)11-9-7-5-4-6-8-10-14(3)19/h13H,4-12H2,1-3H3,(H,17,20)(H,18,21). The average Bonchev–Trinajstić information content (AvgIpc) is 2.38. The summed E-state index contributed by atoms with van der Waals surface area (Å²) in [7, 11) is 0. The van der Waals surface area contributed by atoms with E-state index in [0.717, 1.165) is 38.5 Å². The molecule has 122 valence electrons. The largest absolute Gasteiger partial charge is 0.352 e. The van der Waals surface area contributed by atoms with Gasteiger partial charge in [0.1, 0.15) is 5.78 Å². The first kappa shape index (κ1) is 19.6. The smallest absolute Gasteiger partial charge is 0.239 e. The van der Waals surface area contributed by atoms with Crippen molar-refractivity contribution >= 4 is 17.6 Å². The summed E-state index contributed by atoms with van der Waals surface area (Å²) in [5.41, 5.74) is 0. The molecule has 0 aromatic heterocycles. The molecule has 0 bridgehead atoms. The molecule has 5 nitrogen and oxygen atoms in total. The van der Waals surface area contributed by atoms with Gasteiger partial charge in [0.25, 0.3) is 0 Å². The lowest BCUT2D eigenvalue weighted by atomic mass is 10.1. The zero-order valence-electron chi connectivity index (χ0n) is 13.7. The quantitative estimate of drug-likeness (QED) is 0.543. The molecule has 0 aliphatic rings. The Kier molecular flexibility index (Phi) is 11.5. The number of hydrogen-bond acceptors (Lipinski definition) is 3. The van der Waals surface area contributed by atoms with Crippen LogP contribution in [-0.4, -0.2) is 30.2 Å². The molecular formula is C16H30N2O3. The summed E-state index contributed by atoms with van der Waals surface area (Å²) in [6.07, 6.45) is 7.30. The Morgan fingerprint density at radius 1 is 0.810 bits per heavy atom. The number of Topliss-reactive ketones (excluding diaryl/α,β-unsaturated/α-hetero) is 1. The van der Waals surface area contributed by atoms with Crippen LogP contribution in [0, 0.1) is 0 Å². The number of carbonyl (C=O) groups excluding carboxylic acids is 3. The van der Waals surface area contributed by atoms with Gasteiger partial charge in [-0.15, -0.1) is 0 Å². The van der Waals surface area contributed by atoms with Crippen LogP contribution in [0.4, 0.5) is 0 Å². The summed E-state index contributed by atoms with van der Waals surface area (Å²) in [4.78, 5) is 33.6. The van der Waals surface area contributed by atoms with Crippen molar-refractivity contribution in [1.82, 2.24) is 10.6 Å². The highest BCUT2D eigenvalue weighted by atomic mass is 16.2. The second kappa shape index (κ2) is 12.4. The summed E-state index contributed by atoms with van der Waals surface area (Å²) in [6, 6.07) is 0.0948. The van der Waals surface area contributed by atoms with Crippen LogP contribution in [0.2, 0.25) is 0 Å². The lowest BCUT2D eigenvalue weighted by Crippen LogP contribution is -2.39. The molecule has 0 rings (SSSR count). The Morgan fingerprint density at radius 3 is 1.86 bits per heavy atom. The molecule has 5 heteroatoms. The number of amides is 2. The molecule has 2 N–H and O–H groups in total. The third-order valence-electron chi connectivity index (χ3n) is 3.08. The Morgan fingerprint density at radius 2 is 1.33 bits per heavy atom. The summed E-state index contributed by atoms with van der Waals surface area (Å²) < 4.78 is 0. The summed E-state index contributed by atoms with van der Waals surface area (Å²) in [6.45, 7) is 5.45. The van der Waals surface area contributed by atoms with Crippen molar-refractivity contribution in [3.8, 4) is 0 Å². The molecule has 0 aliphatic heterocycles. The van der Waals surface area contributed by atoms with Crippen LogP contribution in [0.5, 0.6) is 0 Å². The lowest BCUT2D eigenvalue weighted by Gasteiger charge is -2.09. The Bertz CT molecular complexity index is 327. The van der Waals surface area contributed by atoms with Gasteiger partial charge in [0.2, 0.25) is 11.8 Å². The van der Waals surface area contributed by atoms with E-state index in [-0.39, 0.29) is 30.2 Å². The Labute approximate surface area is 128 Å². The number of carbonyl (C=O) groups is 3. The van der Waals surface area contributed by atoms with Gasteiger partial charge >= 0.3 is 0 Å². The van der Waals surface area contributed by atoms with Crippen LogP contribution in [0.3, 0.4) is 0 Å². The van der Waals surface area contributed by atoms with Gasteiger partial charge in [-0.25, -0.2) is 0 Å². The highest BCUT2D eigenvalue weighted by molar-refractivity contribution is 5.84. The summed E-state index contributed by atoms with van der Waals surface area (Å²) >= 11 is 0. The van der Waals surface area contributed by atoms with Gasteiger partial charge in [0.15, 0.2) is 0 Å². The van der Waals surface area contributed by atoms with Gasteiger partial charge < -0.3 is 15.4 Å². The fraction of sp³-hybridized carbons (Fsp3) is 0.812. The highest BCUT2D eigenvalue weighted by Gasteiger charge is 2.06. The maximum atomic E-state index is 11.5. The van der Waals surface area contributed by atoms with Crippen molar-refractivity contribution in [3.63, 3.8) is 0 Å². The highest BCUT2D eigenvalue weighted by Crippen LogP contribution is 2.08. The van der Waals surface area contributed by atoms with E-state index in [9.17, 15) is 14.4 Å². The molecule has 0 aromatic rings. The molecule has 0 heterocycles. The van der Waals surface area contributed by atoms with E-state index in [1.54, 1.807) is 6.92 Å². The van der Waals surface area contributed by atoms with Gasteiger partial charge in [-0.05, 0) is 33.6 Å². The molecule has 2 amide bonds. The molecule has 0 saturated carbocycles. The van der Waals surface area contributed by atoms with Crippen molar-refractivity contribution in [3.05, 3.63) is 0 Å². The van der Waals surface area contributed by atoms with E-state index in [2.05, 4.69) is 10.6 Å². The Hall–Kier alpha value is -1.39. The van der Waals surface area contributed by atoms with Gasteiger partial charge in [-0.3, -0.25) is 9.59 Å². The topological polar surface area (TPSA) is 75.3 Å². The van der Waals surface area contributed by atoms with Gasteiger partial charge in [-0.2, -0.15) is 0 Å². The van der Waals surface area contributed by atoms with Gasteiger partial charge in [0.05, 0.1) is 6.54 Å². The minimum Gasteiger partial charge on any atom is -0.352 e. The molecule has 0 fully saturated rings. The second-order valence-corrected chi connectivity index (χ2v) is 5.82. The molecule has 0 atom stereocenters. The first-order valence-corrected chi connectivity index (χ1v) is 7.97. The first-order chi connectivity index (χ1) is 9.91. The zero-order valence-corrected chi connectivity index (χ0v) is 13.7. The van der Waals surface area contributed by atoms with Crippen LogP contribution >= 0.6 is 0 Å². The van der Waals surface area contributed by atoms with E-state index in [1.165, 1.54) is 0 Å². The lowest BCUT2D eigenvalue weighted by molar-refractivity contribution is -0.126. The fourth-order valence-electron chi connectivity index (χ4n) is 2.01. The van der Waals surface area contributed by atoms with Crippen LogP contribution < -0.4 is 10.6 Å². The number of rotatable bonds is 12. The van der Waals surface area contributed by atoms with E-state index >= 15 is 0 Å². The van der Waals surface area contributed by atoms with E-state index in [4.69, 9.17) is 0 Å². The molecule has 0 aliphatic carbocycles. The average molecular weight is 298 g/mol. The number of ketones is 1. The van der Waals surface area contributed by atoms with Crippen molar-refractivity contribution in [2.24, 2.45) is 0 Å². The molecule has 0 spiro atoms. The summed E-state index contributed by atoms with van der Waals surface area (Å²) in [5, 5.41) is 5.35. The van der Waals surface area contributed by atoms with Gasteiger partial charge in [-0.1, -0.05) is 25.7 Å². The summed E-state index contributed by atoms with van der Waals surface area (Å²) in [5.74, 6) is 0.0440. The van der Waals surface area contributed by atoms with Crippen LogP contribution in [0.25, 0.3) is 0 Å². The van der Waals surface area contributed by atoms with Crippen molar-refractivity contribution in [1.29, 1.82) is 0 Å². The minimum atomic E-state index is -0.149. The number of unbranched alkanes of at least 4 members (excludes halogenated alkanes) is 5. The molecule has 0 aromatic carbocycles. The van der Waals surface area contributed by atoms with Crippen LogP contribution in [0.1, 0.15) is 72.1 Å². The third kappa shape index (κ3) is 14.8. The number of nitrogens with one attached hydrogen (secondary N) is 2. The van der Waals surface area contributed by atoms with Crippen molar-refractivity contribution in [2.45, 2.75) is 78.2 Å². The predicted molar refractivity (Wildman–Crippen MR) is 83.9 cm³/mol. The van der Waals surface area contributed by atoms with Crippen LogP contribution in [0.15, 0.2) is 0 Å². The van der Waals surface area contributed by atoms with Gasteiger partial charge in [0, 0.05) is 18.9 Å². The zero-order chi connectivity index (χ0) is 16.1. The monoisotopic (exact) mass is 298 g/mol. The molecule has 0 unspecified atom stereocenters. The molecule has 0 radical (unpaired) electrons. The van der Waals surface area contributed by atoms with E-state index in [1.807, 2.05) is 13.8 Å². The minimum absolute atomic E-state index is 0.0576. The van der Waals surface area contributed by atoms with Crippen molar-refractivity contribution < 1.29 is 14.4 Å². The predicted octanol–water partition coefficient (Wildman–Crippen LogP) is 2.34. The first-order valence-electron chi connectivity index (χ1n) is 7.97. The second-order valence-electron chi connectivity index (χ2n) is 5.82. The Balaban J connectivity index is 3.38. The van der Waals surface area contributed by atoms with E-state index < -0.39 is 0 Å². The van der Waals surface area contributed by atoms with Crippen molar-refractivity contribution in [2.75, 3.05) is 6.54 Å². The fourth-order valence-corrected chi connectivity index (χ4v) is 2.01. The molecule has 21 heavy (non-hydrogen) atoms. The number of hydrogen-bond donors (Lipinski definition) is 2. The van der Waals surface area contributed by atoms with E-state index in [0.29, 0.717) is 12.8 Å². The maximum Gasteiger partial charge on any atom is 0.239 e. The SMILES string of the molecule is CC(=O)CCCCCCCCC(=O)NCC(=O)NC(C)C. The third-order valence-corrected chi connectivity index (χ3v) is 3.08. The maximum absolute atomic E-state index is 11.5. The molecule has 0 saturated heterocycles.